The Morgan fingerprint density at radius 3 is 2.87 bits per heavy atom. The second-order valence-corrected chi connectivity index (χ2v) is 5.25. The van der Waals surface area contributed by atoms with Crippen LogP contribution in [0.4, 0.5) is 0 Å². The third-order valence-corrected chi connectivity index (χ3v) is 3.89. The van der Waals surface area contributed by atoms with E-state index in [2.05, 4.69) is 5.09 Å². The summed E-state index contributed by atoms with van der Waals surface area (Å²) in [5.41, 5.74) is 0. The molecule has 1 fully saturated rings. The van der Waals surface area contributed by atoms with E-state index in [0.717, 1.165) is 6.42 Å². The molecule has 1 aliphatic rings. The highest BCUT2D eigenvalue weighted by Crippen LogP contribution is 2.47. The number of para-hydroxylation sites is 1. The highest BCUT2D eigenvalue weighted by atomic mass is 31.2. The third-order valence-electron chi connectivity index (χ3n) is 2.16. The fraction of sp³-hybridized carbons (Fsp3) is 0.400. The highest BCUT2D eigenvalue weighted by Gasteiger charge is 2.32. The predicted octanol–water partition coefficient (Wildman–Crippen LogP) is 2.57. The topological polar surface area (TPSA) is 47.6 Å². The van der Waals surface area contributed by atoms with Crippen molar-refractivity contribution in [2.45, 2.75) is 19.4 Å². The molecule has 2 rings (SSSR count). The van der Waals surface area contributed by atoms with Crippen molar-refractivity contribution in [2.24, 2.45) is 0 Å². The summed E-state index contributed by atoms with van der Waals surface area (Å²) in [6.45, 7) is 2.43. The number of rotatable bonds is 2. The van der Waals surface area contributed by atoms with E-state index in [1.165, 1.54) is 0 Å². The Bertz CT molecular complexity index is 368. The summed E-state index contributed by atoms with van der Waals surface area (Å²) < 4.78 is 22.6. The van der Waals surface area contributed by atoms with Gasteiger partial charge in [-0.25, -0.2) is 9.65 Å². The SMILES string of the molecule is C[C@@H]1CCO[P@@](=O)(Oc2ccccc2)N1. The summed E-state index contributed by atoms with van der Waals surface area (Å²) in [4.78, 5) is 0. The van der Waals surface area contributed by atoms with Crippen molar-refractivity contribution >= 4 is 7.75 Å². The zero-order valence-electron chi connectivity index (χ0n) is 8.55. The smallest absolute Gasteiger partial charge is 0.413 e. The highest BCUT2D eigenvalue weighted by molar-refractivity contribution is 7.52. The van der Waals surface area contributed by atoms with E-state index in [9.17, 15) is 4.57 Å². The molecule has 0 aliphatic carbocycles. The van der Waals surface area contributed by atoms with Gasteiger partial charge in [0.05, 0.1) is 6.61 Å². The molecule has 1 aromatic carbocycles. The van der Waals surface area contributed by atoms with Gasteiger partial charge in [-0.3, -0.25) is 4.52 Å². The van der Waals surface area contributed by atoms with Gasteiger partial charge in [0.1, 0.15) is 5.75 Å². The van der Waals surface area contributed by atoms with Crippen LogP contribution in [0.15, 0.2) is 30.3 Å². The van der Waals surface area contributed by atoms with Gasteiger partial charge in [0, 0.05) is 6.04 Å². The second-order valence-electron chi connectivity index (χ2n) is 3.55. The molecule has 15 heavy (non-hydrogen) atoms. The van der Waals surface area contributed by atoms with Gasteiger partial charge >= 0.3 is 7.75 Å². The van der Waals surface area contributed by atoms with Crippen LogP contribution >= 0.6 is 7.75 Å². The first kappa shape index (κ1) is 10.7. The van der Waals surface area contributed by atoms with Gasteiger partial charge in [-0.1, -0.05) is 18.2 Å². The van der Waals surface area contributed by atoms with Crippen LogP contribution in [-0.2, 0) is 9.09 Å². The Labute approximate surface area is 89.2 Å². The molecular formula is C10H14NO3P. The Kier molecular flexibility index (Phi) is 3.10. The van der Waals surface area contributed by atoms with E-state index in [0.29, 0.717) is 12.4 Å². The van der Waals surface area contributed by atoms with Gasteiger partial charge in [0.2, 0.25) is 0 Å². The van der Waals surface area contributed by atoms with Crippen LogP contribution in [0.2, 0.25) is 0 Å². The van der Waals surface area contributed by atoms with E-state index in [1.807, 2.05) is 25.1 Å². The zero-order valence-corrected chi connectivity index (χ0v) is 9.44. The molecule has 1 heterocycles. The average Bonchev–Trinajstić information content (AvgIpc) is 2.18. The van der Waals surface area contributed by atoms with Gasteiger partial charge in [-0.15, -0.1) is 0 Å². The molecule has 1 aromatic rings. The largest absolute Gasteiger partial charge is 0.458 e. The van der Waals surface area contributed by atoms with Gasteiger partial charge < -0.3 is 4.52 Å². The molecule has 4 nitrogen and oxygen atoms in total. The average molecular weight is 227 g/mol. The van der Waals surface area contributed by atoms with E-state index in [4.69, 9.17) is 9.05 Å². The maximum atomic E-state index is 12.1. The Hall–Kier alpha value is -0.830. The Morgan fingerprint density at radius 1 is 1.47 bits per heavy atom. The lowest BCUT2D eigenvalue weighted by Crippen LogP contribution is -2.32. The lowest BCUT2D eigenvalue weighted by atomic mass is 10.3. The molecule has 0 spiro atoms. The first-order valence-electron chi connectivity index (χ1n) is 4.95. The predicted molar refractivity (Wildman–Crippen MR) is 57.8 cm³/mol. The summed E-state index contributed by atoms with van der Waals surface area (Å²) in [6, 6.07) is 9.20. The van der Waals surface area contributed by atoms with Crippen molar-refractivity contribution in [2.75, 3.05) is 6.61 Å². The molecule has 1 aliphatic heterocycles. The van der Waals surface area contributed by atoms with Crippen molar-refractivity contribution in [3.05, 3.63) is 30.3 Å². The summed E-state index contributed by atoms with van der Waals surface area (Å²) in [6.07, 6.45) is 0.849. The van der Waals surface area contributed by atoms with Crippen LogP contribution in [0.25, 0.3) is 0 Å². The number of benzene rings is 1. The van der Waals surface area contributed by atoms with E-state index < -0.39 is 7.75 Å². The molecule has 0 bridgehead atoms. The summed E-state index contributed by atoms with van der Waals surface area (Å²) in [5.74, 6) is 0.558. The molecule has 1 N–H and O–H groups in total. The van der Waals surface area contributed by atoms with Gasteiger partial charge in [0.25, 0.3) is 0 Å². The minimum atomic E-state index is -3.14. The van der Waals surface area contributed by atoms with E-state index in [-0.39, 0.29) is 6.04 Å². The minimum Gasteiger partial charge on any atom is -0.413 e. The molecule has 0 unspecified atom stereocenters. The lowest BCUT2D eigenvalue weighted by molar-refractivity contribution is 0.212. The normalized spacial score (nSPS) is 31.1. The fourth-order valence-corrected chi connectivity index (χ4v) is 2.99. The van der Waals surface area contributed by atoms with Gasteiger partial charge in [0.15, 0.2) is 0 Å². The van der Waals surface area contributed by atoms with Crippen molar-refractivity contribution < 1.29 is 13.6 Å². The van der Waals surface area contributed by atoms with Crippen LogP contribution in [0.1, 0.15) is 13.3 Å². The van der Waals surface area contributed by atoms with Crippen LogP contribution in [-0.4, -0.2) is 12.6 Å². The molecule has 82 valence electrons. The van der Waals surface area contributed by atoms with Crippen molar-refractivity contribution in [1.82, 2.24) is 5.09 Å². The van der Waals surface area contributed by atoms with Crippen molar-refractivity contribution in [3.8, 4) is 5.75 Å². The van der Waals surface area contributed by atoms with Gasteiger partial charge in [-0.2, -0.15) is 0 Å². The van der Waals surface area contributed by atoms with Crippen LogP contribution < -0.4 is 9.61 Å². The van der Waals surface area contributed by atoms with E-state index >= 15 is 0 Å². The standard InChI is InChI=1S/C10H14NO3P/c1-9-7-8-13-15(12,11-9)14-10-5-3-2-4-6-10/h2-6,9H,7-8H2,1H3,(H,11,12)/t9-,15-/m1/s1. The van der Waals surface area contributed by atoms with Crippen LogP contribution in [0.5, 0.6) is 5.75 Å². The third kappa shape index (κ3) is 2.81. The van der Waals surface area contributed by atoms with E-state index in [1.54, 1.807) is 12.1 Å². The molecular weight excluding hydrogens is 213 g/mol. The maximum absolute atomic E-state index is 12.1. The molecule has 5 heteroatoms. The minimum absolute atomic E-state index is 0.160. The quantitative estimate of drug-likeness (QED) is 0.789. The fourth-order valence-electron chi connectivity index (χ4n) is 1.39. The number of hydrogen-bond donors (Lipinski definition) is 1. The molecule has 2 atom stereocenters. The first-order valence-corrected chi connectivity index (χ1v) is 6.49. The van der Waals surface area contributed by atoms with Crippen LogP contribution in [0.3, 0.4) is 0 Å². The Morgan fingerprint density at radius 2 is 2.20 bits per heavy atom. The molecule has 0 amide bonds. The van der Waals surface area contributed by atoms with Crippen molar-refractivity contribution in [3.63, 3.8) is 0 Å². The second kappa shape index (κ2) is 4.35. The zero-order chi connectivity index (χ0) is 10.7. The first-order chi connectivity index (χ1) is 7.18. The summed E-state index contributed by atoms with van der Waals surface area (Å²) >= 11 is 0. The summed E-state index contributed by atoms with van der Waals surface area (Å²) in [7, 11) is -3.14. The molecule has 0 radical (unpaired) electrons. The van der Waals surface area contributed by atoms with Gasteiger partial charge in [-0.05, 0) is 25.5 Å². The lowest BCUT2D eigenvalue weighted by Gasteiger charge is -2.27. The van der Waals surface area contributed by atoms with Crippen molar-refractivity contribution in [1.29, 1.82) is 0 Å². The number of hydrogen-bond acceptors (Lipinski definition) is 3. The Balaban J connectivity index is 2.07. The number of nitrogens with one attached hydrogen (secondary N) is 1. The molecule has 1 saturated heterocycles. The molecule has 0 saturated carbocycles. The van der Waals surface area contributed by atoms with Crippen LogP contribution in [0, 0.1) is 0 Å². The maximum Gasteiger partial charge on any atom is 0.458 e. The molecule has 0 aromatic heterocycles. The summed E-state index contributed by atoms with van der Waals surface area (Å²) in [5, 5.41) is 2.85. The monoisotopic (exact) mass is 227 g/mol.